The molecule has 0 rings (SSSR count). The number of aliphatic hydroxyl groups excluding tert-OH is 1. The largest absolute Gasteiger partial charge is 0.469 e. The van der Waals surface area contributed by atoms with Crippen molar-refractivity contribution in [1.29, 1.82) is 0 Å². The van der Waals surface area contributed by atoms with Crippen LogP contribution in [0.3, 0.4) is 0 Å². The zero-order valence-electron chi connectivity index (χ0n) is 14.7. The summed E-state index contributed by atoms with van der Waals surface area (Å²) < 4.78 is 9.90. The molecule has 0 unspecified atom stereocenters. The van der Waals surface area contributed by atoms with Crippen LogP contribution in [0.4, 0.5) is 0 Å². The number of hydrogen-bond acceptors (Lipinski definition) is 5. The molecule has 5 heteroatoms. The Bertz CT molecular complexity index is 347. The van der Waals surface area contributed by atoms with Crippen molar-refractivity contribution in [2.75, 3.05) is 20.3 Å². The van der Waals surface area contributed by atoms with Crippen molar-refractivity contribution in [2.45, 2.75) is 66.2 Å². The van der Waals surface area contributed by atoms with Gasteiger partial charge in [-0.2, -0.15) is 0 Å². The first-order valence-electron chi connectivity index (χ1n) is 7.95. The van der Waals surface area contributed by atoms with Gasteiger partial charge in [-0.05, 0) is 36.5 Å². The predicted molar refractivity (Wildman–Crippen MR) is 85.3 cm³/mol. The summed E-state index contributed by atoms with van der Waals surface area (Å²) in [4.78, 5) is 22.9. The van der Waals surface area contributed by atoms with Gasteiger partial charge in [-0.1, -0.05) is 27.7 Å². The topological polar surface area (TPSA) is 72.8 Å². The number of carbonyl (C=O) groups is 2. The number of esters is 2. The summed E-state index contributed by atoms with van der Waals surface area (Å²) in [5.41, 5.74) is -0.113. The number of aliphatic hydroxyl groups is 1. The van der Waals surface area contributed by atoms with E-state index in [0.29, 0.717) is 38.7 Å². The normalized spacial score (nSPS) is 12.1. The van der Waals surface area contributed by atoms with Crippen molar-refractivity contribution >= 4 is 11.9 Å². The van der Waals surface area contributed by atoms with Crippen LogP contribution in [0.25, 0.3) is 0 Å². The van der Waals surface area contributed by atoms with Gasteiger partial charge >= 0.3 is 11.9 Å². The lowest BCUT2D eigenvalue weighted by Gasteiger charge is -2.24. The van der Waals surface area contributed by atoms with Crippen LogP contribution in [0.5, 0.6) is 0 Å². The van der Waals surface area contributed by atoms with E-state index in [-0.39, 0.29) is 29.4 Å². The lowest BCUT2D eigenvalue weighted by Crippen LogP contribution is -2.20. The van der Waals surface area contributed by atoms with Crippen molar-refractivity contribution in [3.63, 3.8) is 0 Å². The number of rotatable bonds is 11. The van der Waals surface area contributed by atoms with Crippen LogP contribution in [0.15, 0.2) is 0 Å². The monoisotopic (exact) mass is 316 g/mol. The van der Waals surface area contributed by atoms with Crippen molar-refractivity contribution in [3.8, 4) is 0 Å². The van der Waals surface area contributed by atoms with Crippen LogP contribution in [-0.2, 0) is 19.1 Å². The summed E-state index contributed by atoms with van der Waals surface area (Å²) in [6, 6.07) is 0. The summed E-state index contributed by atoms with van der Waals surface area (Å²) in [5.74, 6) is -0.411. The summed E-state index contributed by atoms with van der Waals surface area (Å²) in [6.07, 6.45) is 3.57. The fraction of sp³-hybridized carbons (Fsp3) is 0.882. The molecule has 0 saturated heterocycles. The van der Waals surface area contributed by atoms with Gasteiger partial charge in [0.2, 0.25) is 0 Å². The Kier molecular flexibility index (Phi) is 9.33. The average molecular weight is 316 g/mol. The number of methoxy groups -OCH3 is 1. The fourth-order valence-electron chi connectivity index (χ4n) is 2.05. The van der Waals surface area contributed by atoms with E-state index < -0.39 is 0 Å². The molecule has 0 aromatic rings. The number of hydrogen-bond donors (Lipinski definition) is 1. The second-order valence-corrected chi connectivity index (χ2v) is 7.35. The van der Waals surface area contributed by atoms with E-state index in [1.165, 1.54) is 7.11 Å². The third-order valence-electron chi connectivity index (χ3n) is 4.07. The molecule has 0 spiro atoms. The van der Waals surface area contributed by atoms with Crippen LogP contribution >= 0.6 is 0 Å². The van der Waals surface area contributed by atoms with Gasteiger partial charge < -0.3 is 14.6 Å². The summed E-state index contributed by atoms with van der Waals surface area (Å²) in [6.45, 7) is 8.67. The first kappa shape index (κ1) is 20.9. The van der Waals surface area contributed by atoms with Gasteiger partial charge in [0.1, 0.15) is 0 Å². The Balaban J connectivity index is 3.93. The van der Waals surface area contributed by atoms with E-state index in [1.54, 1.807) is 0 Å². The summed E-state index contributed by atoms with van der Waals surface area (Å²) in [5, 5.41) is 8.96. The molecule has 0 saturated carbocycles. The molecule has 0 aromatic carbocycles. The van der Waals surface area contributed by atoms with Crippen LogP contribution in [0, 0.1) is 10.8 Å². The summed E-state index contributed by atoms with van der Waals surface area (Å²) >= 11 is 0. The van der Waals surface area contributed by atoms with E-state index in [0.717, 1.165) is 6.42 Å². The molecule has 0 fully saturated rings. The number of carbonyl (C=O) groups excluding carboxylic acids is 2. The Morgan fingerprint density at radius 1 is 0.864 bits per heavy atom. The second kappa shape index (κ2) is 9.82. The highest BCUT2D eigenvalue weighted by molar-refractivity contribution is 5.69. The van der Waals surface area contributed by atoms with Gasteiger partial charge in [-0.15, -0.1) is 0 Å². The minimum absolute atomic E-state index is 0.0481. The predicted octanol–water partition coefficient (Wildman–Crippen LogP) is 3.09. The van der Waals surface area contributed by atoms with Gasteiger partial charge in [0.15, 0.2) is 0 Å². The molecule has 0 aliphatic heterocycles. The van der Waals surface area contributed by atoms with Gasteiger partial charge in [0, 0.05) is 19.4 Å². The van der Waals surface area contributed by atoms with E-state index >= 15 is 0 Å². The van der Waals surface area contributed by atoms with E-state index in [4.69, 9.17) is 9.84 Å². The molecular weight excluding hydrogens is 284 g/mol. The SMILES string of the molecule is COC(=O)CCC(C)(C)CCOC(=O)CCC(C)(C)CCO. The Hall–Kier alpha value is -1.10. The Morgan fingerprint density at radius 2 is 1.36 bits per heavy atom. The van der Waals surface area contributed by atoms with Crippen LogP contribution in [0.2, 0.25) is 0 Å². The quantitative estimate of drug-likeness (QED) is 0.593. The molecule has 5 nitrogen and oxygen atoms in total. The van der Waals surface area contributed by atoms with Crippen molar-refractivity contribution < 1.29 is 24.2 Å². The standard InChI is InChI=1S/C17H32O5/c1-16(2,10-12-18)9-7-15(20)22-13-11-17(3,4)8-6-14(19)21-5/h18H,6-13H2,1-5H3. The smallest absolute Gasteiger partial charge is 0.305 e. The third kappa shape index (κ3) is 10.6. The lowest BCUT2D eigenvalue weighted by molar-refractivity contribution is -0.146. The van der Waals surface area contributed by atoms with Crippen LogP contribution in [0.1, 0.15) is 66.2 Å². The van der Waals surface area contributed by atoms with Crippen molar-refractivity contribution in [2.24, 2.45) is 10.8 Å². The molecule has 0 aliphatic rings. The Morgan fingerprint density at radius 3 is 1.86 bits per heavy atom. The molecule has 0 atom stereocenters. The van der Waals surface area contributed by atoms with Crippen molar-refractivity contribution in [1.82, 2.24) is 0 Å². The van der Waals surface area contributed by atoms with Crippen LogP contribution in [-0.4, -0.2) is 37.4 Å². The lowest BCUT2D eigenvalue weighted by atomic mass is 9.84. The maximum atomic E-state index is 11.7. The second-order valence-electron chi connectivity index (χ2n) is 7.35. The zero-order chi connectivity index (χ0) is 17.2. The van der Waals surface area contributed by atoms with Gasteiger partial charge in [0.05, 0.1) is 13.7 Å². The highest BCUT2D eigenvalue weighted by Crippen LogP contribution is 2.28. The Labute approximate surface area is 134 Å². The molecule has 0 aliphatic carbocycles. The first-order valence-corrected chi connectivity index (χ1v) is 7.95. The molecule has 1 N–H and O–H groups in total. The highest BCUT2D eigenvalue weighted by atomic mass is 16.5. The molecule has 0 bridgehead atoms. The number of ether oxygens (including phenoxy) is 2. The van der Waals surface area contributed by atoms with Gasteiger partial charge in [-0.25, -0.2) is 0 Å². The molecule has 0 heterocycles. The van der Waals surface area contributed by atoms with Crippen molar-refractivity contribution in [3.05, 3.63) is 0 Å². The minimum Gasteiger partial charge on any atom is -0.469 e. The van der Waals surface area contributed by atoms with E-state index in [9.17, 15) is 9.59 Å². The minimum atomic E-state index is -0.212. The average Bonchev–Trinajstić information content (AvgIpc) is 2.42. The molecule has 0 aromatic heterocycles. The third-order valence-corrected chi connectivity index (χ3v) is 4.07. The maximum Gasteiger partial charge on any atom is 0.305 e. The van der Waals surface area contributed by atoms with Crippen LogP contribution < -0.4 is 0 Å². The molecule has 0 radical (unpaired) electrons. The van der Waals surface area contributed by atoms with Gasteiger partial charge in [-0.3, -0.25) is 9.59 Å². The van der Waals surface area contributed by atoms with E-state index in [2.05, 4.69) is 4.74 Å². The molecule has 22 heavy (non-hydrogen) atoms. The summed E-state index contributed by atoms with van der Waals surface area (Å²) in [7, 11) is 1.38. The highest BCUT2D eigenvalue weighted by Gasteiger charge is 2.22. The van der Waals surface area contributed by atoms with Gasteiger partial charge in [0.25, 0.3) is 0 Å². The zero-order valence-corrected chi connectivity index (χ0v) is 14.7. The molecule has 130 valence electrons. The maximum absolute atomic E-state index is 11.7. The molecular formula is C17H32O5. The molecule has 0 amide bonds. The first-order chi connectivity index (χ1) is 10.1. The fourth-order valence-corrected chi connectivity index (χ4v) is 2.05. The van der Waals surface area contributed by atoms with E-state index in [1.807, 2.05) is 27.7 Å².